The molecule has 0 fully saturated rings. The SMILES string of the molecule is COc1ccc(CN(C)CC(O)CO)c(Cl)c1. The normalized spacial score (nSPS) is 12.8. The summed E-state index contributed by atoms with van der Waals surface area (Å²) in [5.74, 6) is 0.719. The van der Waals surface area contributed by atoms with E-state index < -0.39 is 6.10 Å². The van der Waals surface area contributed by atoms with Gasteiger partial charge in [0.25, 0.3) is 0 Å². The van der Waals surface area contributed by atoms with Gasteiger partial charge in [0.15, 0.2) is 0 Å². The van der Waals surface area contributed by atoms with E-state index in [2.05, 4.69) is 0 Å². The largest absolute Gasteiger partial charge is 0.497 e. The smallest absolute Gasteiger partial charge is 0.120 e. The summed E-state index contributed by atoms with van der Waals surface area (Å²) in [6.07, 6.45) is -0.725. The molecule has 0 aromatic heterocycles. The molecule has 0 heterocycles. The van der Waals surface area contributed by atoms with Crippen LogP contribution in [0.4, 0.5) is 0 Å². The van der Waals surface area contributed by atoms with Crippen LogP contribution in [0.1, 0.15) is 5.56 Å². The fraction of sp³-hybridized carbons (Fsp3) is 0.500. The molecular weight excluding hydrogens is 242 g/mol. The van der Waals surface area contributed by atoms with Crippen LogP contribution < -0.4 is 4.74 Å². The zero-order chi connectivity index (χ0) is 12.8. The second-order valence-electron chi connectivity index (χ2n) is 3.99. The molecule has 1 aromatic rings. The molecule has 1 rings (SSSR count). The number of benzene rings is 1. The van der Waals surface area contributed by atoms with Gasteiger partial charge < -0.3 is 14.9 Å². The molecule has 0 aliphatic heterocycles. The number of likely N-dealkylation sites (N-methyl/N-ethyl adjacent to an activating group) is 1. The summed E-state index contributed by atoms with van der Waals surface area (Å²) in [7, 11) is 3.45. The molecule has 0 aliphatic carbocycles. The van der Waals surface area contributed by atoms with Crippen molar-refractivity contribution >= 4 is 11.6 Å². The number of aliphatic hydroxyl groups is 2. The molecule has 0 saturated carbocycles. The summed E-state index contributed by atoms with van der Waals surface area (Å²) in [6.45, 7) is 0.777. The van der Waals surface area contributed by atoms with Crippen LogP contribution in [0.5, 0.6) is 5.75 Å². The Labute approximate surface area is 106 Å². The first-order valence-corrected chi connectivity index (χ1v) is 5.74. The van der Waals surface area contributed by atoms with E-state index in [4.69, 9.17) is 21.4 Å². The number of ether oxygens (including phenoxy) is 1. The molecule has 0 aliphatic rings. The van der Waals surface area contributed by atoms with Crippen molar-refractivity contribution in [2.24, 2.45) is 0 Å². The average Bonchev–Trinajstić information content (AvgIpc) is 2.31. The fourth-order valence-corrected chi connectivity index (χ4v) is 1.79. The van der Waals surface area contributed by atoms with Crippen LogP contribution in [0.3, 0.4) is 0 Å². The van der Waals surface area contributed by atoms with Gasteiger partial charge in [0.2, 0.25) is 0 Å². The molecule has 1 atom stereocenters. The Morgan fingerprint density at radius 2 is 2.18 bits per heavy atom. The maximum Gasteiger partial charge on any atom is 0.120 e. The lowest BCUT2D eigenvalue weighted by Gasteiger charge is -2.20. The third-order valence-electron chi connectivity index (χ3n) is 2.43. The number of rotatable bonds is 6. The van der Waals surface area contributed by atoms with E-state index in [1.165, 1.54) is 0 Å². The van der Waals surface area contributed by atoms with E-state index in [0.29, 0.717) is 18.1 Å². The predicted octanol–water partition coefficient (Wildman–Crippen LogP) is 1.13. The van der Waals surface area contributed by atoms with Gasteiger partial charge in [0.1, 0.15) is 5.75 Å². The fourth-order valence-electron chi connectivity index (χ4n) is 1.56. The van der Waals surface area contributed by atoms with Gasteiger partial charge >= 0.3 is 0 Å². The Morgan fingerprint density at radius 3 is 2.71 bits per heavy atom. The van der Waals surface area contributed by atoms with Crippen LogP contribution in [0, 0.1) is 0 Å². The van der Waals surface area contributed by atoms with Gasteiger partial charge in [0, 0.05) is 18.1 Å². The van der Waals surface area contributed by atoms with Gasteiger partial charge in [-0.3, -0.25) is 4.90 Å². The summed E-state index contributed by atoms with van der Waals surface area (Å²) >= 11 is 6.10. The number of halogens is 1. The minimum Gasteiger partial charge on any atom is -0.497 e. The molecule has 5 heteroatoms. The van der Waals surface area contributed by atoms with Crippen molar-refractivity contribution < 1.29 is 14.9 Å². The first kappa shape index (κ1) is 14.3. The first-order valence-electron chi connectivity index (χ1n) is 5.36. The highest BCUT2D eigenvalue weighted by Crippen LogP contribution is 2.23. The zero-order valence-corrected chi connectivity index (χ0v) is 10.8. The molecule has 0 saturated heterocycles. The molecule has 2 N–H and O–H groups in total. The highest BCUT2D eigenvalue weighted by atomic mass is 35.5. The Balaban J connectivity index is 2.62. The van der Waals surface area contributed by atoms with Crippen LogP contribution in [0.25, 0.3) is 0 Å². The Morgan fingerprint density at radius 1 is 1.47 bits per heavy atom. The number of nitrogens with zero attached hydrogens (tertiary/aromatic N) is 1. The quantitative estimate of drug-likeness (QED) is 0.804. The van der Waals surface area contributed by atoms with Crippen molar-refractivity contribution in [3.8, 4) is 5.75 Å². The van der Waals surface area contributed by atoms with E-state index in [1.807, 2.05) is 24.1 Å². The summed E-state index contributed by atoms with van der Waals surface area (Å²) in [5, 5.41) is 18.7. The van der Waals surface area contributed by atoms with Crippen molar-refractivity contribution in [2.75, 3.05) is 27.3 Å². The Kier molecular flexibility index (Phi) is 5.71. The number of hydrogen-bond acceptors (Lipinski definition) is 4. The highest BCUT2D eigenvalue weighted by molar-refractivity contribution is 6.31. The minimum absolute atomic E-state index is 0.235. The first-order chi connectivity index (χ1) is 8.06. The molecule has 0 bridgehead atoms. The number of hydrogen-bond donors (Lipinski definition) is 2. The molecule has 1 aromatic carbocycles. The topological polar surface area (TPSA) is 52.9 Å². The van der Waals surface area contributed by atoms with Gasteiger partial charge in [-0.15, -0.1) is 0 Å². The molecule has 1 unspecified atom stereocenters. The van der Waals surface area contributed by atoms with Crippen molar-refractivity contribution in [2.45, 2.75) is 12.6 Å². The summed E-state index contributed by atoms with van der Waals surface area (Å²) in [5.41, 5.74) is 0.958. The monoisotopic (exact) mass is 259 g/mol. The summed E-state index contributed by atoms with van der Waals surface area (Å²) < 4.78 is 5.07. The third kappa shape index (κ3) is 4.52. The lowest BCUT2D eigenvalue weighted by Crippen LogP contribution is -2.31. The van der Waals surface area contributed by atoms with E-state index >= 15 is 0 Å². The molecule has 96 valence electrons. The second-order valence-corrected chi connectivity index (χ2v) is 4.40. The molecular formula is C12H18ClNO3. The van der Waals surface area contributed by atoms with Crippen LogP contribution in [-0.4, -0.2) is 48.5 Å². The summed E-state index contributed by atoms with van der Waals surface area (Å²) in [6, 6.07) is 5.49. The second kappa shape index (κ2) is 6.81. The maximum absolute atomic E-state index is 9.31. The van der Waals surface area contributed by atoms with Gasteiger partial charge in [-0.1, -0.05) is 17.7 Å². The van der Waals surface area contributed by atoms with Crippen LogP contribution >= 0.6 is 11.6 Å². The van der Waals surface area contributed by atoms with Crippen LogP contribution in [0.2, 0.25) is 5.02 Å². The van der Waals surface area contributed by atoms with E-state index in [9.17, 15) is 5.11 Å². The van der Waals surface area contributed by atoms with Crippen LogP contribution in [0.15, 0.2) is 18.2 Å². The number of methoxy groups -OCH3 is 1. The number of aliphatic hydroxyl groups excluding tert-OH is 2. The Hall–Kier alpha value is -0.810. The summed E-state index contributed by atoms with van der Waals surface area (Å²) in [4.78, 5) is 1.90. The van der Waals surface area contributed by atoms with Gasteiger partial charge in [0.05, 0.1) is 19.8 Å². The molecule has 0 radical (unpaired) electrons. The Bertz CT molecular complexity index is 360. The molecule has 0 amide bonds. The van der Waals surface area contributed by atoms with E-state index in [0.717, 1.165) is 11.3 Å². The minimum atomic E-state index is -0.725. The lowest BCUT2D eigenvalue weighted by atomic mass is 10.2. The molecule has 0 spiro atoms. The van der Waals surface area contributed by atoms with Gasteiger partial charge in [-0.05, 0) is 24.7 Å². The lowest BCUT2D eigenvalue weighted by molar-refractivity contribution is 0.0648. The highest BCUT2D eigenvalue weighted by Gasteiger charge is 2.09. The molecule has 4 nitrogen and oxygen atoms in total. The van der Waals surface area contributed by atoms with Crippen molar-refractivity contribution in [1.29, 1.82) is 0 Å². The van der Waals surface area contributed by atoms with E-state index in [1.54, 1.807) is 13.2 Å². The standard InChI is InChI=1S/C12H18ClNO3/c1-14(7-10(16)8-15)6-9-3-4-11(17-2)5-12(9)13/h3-5,10,15-16H,6-8H2,1-2H3. The van der Waals surface area contributed by atoms with Crippen molar-refractivity contribution in [3.05, 3.63) is 28.8 Å². The molecule has 17 heavy (non-hydrogen) atoms. The van der Waals surface area contributed by atoms with Crippen molar-refractivity contribution in [1.82, 2.24) is 4.90 Å². The van der Waals surface area contributed by atoms with E-state index in [-0.39, 0.29) is 6.61 Å². The van der Waals surface area contributed by atoms with Gasteiger partial charge in [-0.25, -0.2) is 0 Å². The predicted molar refractivity (Wildman–Crippen MR) is 67.4 cm³/mol. The van der Waals surface area contributed by atoms with Crippen molar-refractivity contribution in [3.63, 3.8) is 0 Å². The third-order valence-corrected chi connectivity index (χ3v) is 2.79. The van der Waals surface area contributed by atoms with Crippen LogP contribution in [-0.2, 0) is 6.54 Å². The van der Waals surface area contributed by atoms with Gasteiger partial charge in [-0.2, -0.15) is 0 Å². The zero-order valence-electron chi connectivity index (χ0n) is 10.1. The maximum atomic E-state index is 9.31. The average molecular weight is 260 g/mol.